The number of thiocarbonyl (C=S) groups is 1. The molecular weight excluding hydrogens is 355 g/mol. The predicted molar refractivity (Wildman–Crippen MR) is 96.8 cm³/mol. The van der Waals surface area contributed by atoms with Crippen LogP contribution in [0.15, 0.2) is 36.4 Å². The first-order valence-electron chi connectivity index (χ1n) is 6.95. The number of fused-ring (bicyclic) bond motifs is 1. The molecule has 3 rings (SSSR count). The molecule has 1 aliphatic heterocycles. The van der Waals surface area contributed by atoms with Gasteiger partial charge in [0.2, 0.25) is 6.79 Å². The first-order chi connectivity index (χ1) is 11.0. The molecule has 1 atom stereocenters. The molecule has 1 aliphatic rings. The monoisotopic (exact) mass is 368 g/mol. The molecule has 0 radical (unpaired) electrons. The van der Waals surface area contributed by atoms with E-state index in [1.54, 1.807) is 18.2 Å². The van der Waals surface area contributed by atoms with Gasteiger partial charge < -0.3 is 20.1 Å². The Bertz CT molecular complexity index is 755. The van der Waals surface area contributed by atoms with Crippen molar-refractivity contribution in [1.82, 2.24) is 5.32 Å². The predicted octanol–water partition coefficient (Wildman–Crippen LogP) is 4.77. The minimum Gasteiger partial charge on any atom is -0.454 e. The van der Waals surface area contributed by atoms with Crippen LogP contribution >= 0.6 is 35.4 Å². The van der Waals surface area contributed by atoms with Gasteiger partial charge in [-0.05, 0) is 55.0 Å². The summed E-state index contributed by atoms with van der Waals surface area (Å²) in [5, 5.41) is 7.83. The molecule has 1 unspecified atom stereocenters. The van der Waals surface area contributed by atoms with Crippen LogP contribution in [0.4, 0.5) is 5.69 Å². The Morgan fingerprint density at radius 2 is 1.91 bits per heavy atom. The fourth-order valence-electron chi connectivity index (χ4n) is 2.21. The molecule has 0 aromatic heterocycles. The van der Waals surface area contributed by atoms with Gasteiger partial charge in [0.05, 0.1) is 16.8 Å². The summed E-state index contributed by atoms with van der Waals surface area (Å²) in [6.07, 6.45) is 0. The van der Waals surface area contributed by atoms with Crippen molar-refractivity contribution in [3.63, 3.8) is 0 Å². The Balaban J connectivity index is 1.65. The van der Waals surface area contributed by atoms with Gasteiger partial charge in [-0.1, -0.05) is 29.3 Å². The van der Waals surface area contributed by atoms with Gasteiger partial charge in [-0.25, -0.2) is 0 Å². The highest BCUT2D eigenvalue weighted by molar-refractivity contribution is 7.80. The third-order valence-electron chi connectivity index (χ3n) is 3.42. The van der Waals surface area contributed by atoms with Gasteiger partial charge in [-0.3, -0.25) is 0 Å². The number of rotatable bonds is 3. The number of hydrogen-bond donors (Lipinski definition) is 2. The van der Waals surface area contributed by atoms with E-state index in [1.807, 2.05) is 25.1 Å². The van der Waals surface area contributed by atoms with E-state index in [0.717, 1.165) is 17.1 Å². The van der Waals surface area contributed by atoms with Gasteiger partial charge in [-0.2, -0.15) is 0 Å². The molecule has 2 aromatic carbocycles. The molecule has 0 saturated carbocycles. The van der Waals surface area contributed by atoms with E-state index in [-0.39, 0.29) is 12.8 Å². The third kappa shape index (κ3) is 3.80. The van der Waals surface area contributed by atoms with E-state index in [0.29, 0.717) is 20.8 Å². The SMILES string of the molecule is CC(NC(=S)Nc1ccc(Cl)cc1Cl)c1ccc2c(c1)OCO2. The highest BCUT2D eigenvalue weighted by Crippen LogP contribution is 2.34. The van der Waals surface area contributed by atoms with Crippen LogP contribution in [0.25, 0.3) is 0 Å². The smallest absolute Gasteiger partial charge is 0.231 e. The summed E-state index contributed by atoms with van der Waals surface area (Å²) >= 11 is 17.3. The standard InChI is InChI=1S/C16H14Cl2N2O2S/c1-9(10-2-5-14-15(6-10)22-8-21-14)19-16(23)20-13-4-3-11(17)7-12(13)18/h2-7,9H,8H2,1H3,(H2,19,20,23). The van der Waals surface area contributed by atoms with Crippen molar-refractivity contribution in [3.8, 4) is 11.5 Å². The lowest BCUT2D eigenvalue weighted by Crippen LogP contribution is -2.31. The summed E-state index contributed by atoms with van der Waals surface area (Å²) < 4.78 is 10.7. The fourth-order valence-corrected chi connectivity index (χ4v) is 2.95. The Labute approximate surface area is 149 Å². The van der Waals surface area contributed by atoms with Crippen LogP contribution in [0.3, 0.4) is 0 Å². The maximum atomic E-state index is 6.13. The zero-order chi connectivity index (χ0) is 16.4. The van der Waals surface area contributed by atoms with Gasteiger partial charge in [-0.15, -0.1) is 0 Å². The van der Waals surface area contributed by atoms with Crippen LogP contribution in [0, 0.1) is 0 Å². The normalized spacial score (nSPS) is 13.5. The molecule has 0 amide bonds. The van der Waals surface area contributed by atoms with E-state index in [2.05, 4.69) is 10.6 Å². The third-order valence-corrected chi connectivity index (χ3v) is 4.19. The lowest BCUT2D eigenvalue weighted by molar-refractivity contribution is 0.174. The number of benzene rings is 2. The van der Waals surface area contributed by atoms with E-state index >= 15 is 0 Å². The second-order valence-corrected chi connectivity index (χ2v) is 6.31. The van der Waals surface area contributed by atoms with Crippen LogP contribution in [0.5, 0.6) is 11.5 Å². The van der Waals surface area contributed by atoms with Crippen LogP contribution < -0.4 is 20.1 Å². The average Bonchev–Trinajstić information content (AvgIpc) is 2.97. The summed E-state index contributed by atoms with van der Waals surface area (Å²) in [6.45, 7) is 2.27. The van der Waals surface area contributed by atoms with Crippen molar-refractivity contribution < 1.29 is 9.47 Å². The zero-order valence-electron chi connectivity index (χ0n) is 12.2. The second-order valence-electron chi connectivity index (χ2n) is 5.06. The summed E-state index contributed by atoms with van der Waals surface area (Å²) in [5.41, 5.74) is 1.74. The first-order valence-corrected chi connectivity index (χ1v) is 8.11. The average molecular weight is 369 g/mol. The lowest BCUT2D eigenvalue weighted by atomic mass is 10.1. The van der Waals surface area contributed by atoms with Gasteiger partial charge >= 0.3 is 0 Å². The summed E-state index contributed by atoms with van der Waals surface area (Å²) in [7, 11) is 0. The van der Waals surface area contributed by atoms with Crippen molar-refractivity contribution >= 4 is 46.2 Å². The molecule has 0 fully saturated rings. The molecule has 0 bridgehead atoms. The molecule has 120 valence electrons. The Kier molecular flexibility index (Phi) is 4.80. The number of hydrogen-bond acceptors (Lipinski definition) is 3. The largest absolute Gasteiger partial charge is 0.454 e. The topological polar surface area (TPSA) is 42.5 Å². The van der Waals surface area contributed by atoms with Crippen LogP contribution in [0.1, 0.15) is 18.5 Å². The van der Waals surface area contributed by atoms with E-state index < -0.39 is 0 Å². The van der Waals surface area contributed by atoms with Crippen molar-refractivity contribution in [3.05, 3.63) is 52.0 Å². The first kappa shape index (κ1) is 16.2. The summed E-state index contributed by atoms with van der Waals surface area (Å²) in [4.78, 5) is 0. The fraction of sp³-hybridized carbons (Fsp3) is 0.188. The van der Waals surface area contributed by atoms with E-state index in [1.165, 1.54) is 0 Å². The van der Waals surface area contributed by atoms with Crippen LogP contribution in [-0.2, 0) is 0 Å². The lowest BCUT2D eigenvalue weighted by Gasteiger charge is -2.18. The summed E-state index contributed by atoms with van der Waals surface area (Å²) in [6, 6.07) is 11.0. The maximum absolute atomic E-state index is 6.13. The number of nitrogens with one attached hydrogen (secondary N) is 2. The second kappa shape index (κ2) is 6.83. The van der Waals surface area contributed by atoms with Crippen LogP contribution in [0.2, 0.25) is 10.0 Å². The number of anilines is 1. The summed E-state index contributed by atoms with van der Waals surface area (Å²) in [5.74, 6) is 1.50. The molecular formula is C16H14Cl2N2O2S. The van der Waals surface area contributed by atoms with Gasteiger partial charge in [0.25, 0.3) is 0 Å². The van der Waals surface area contributed by atoms with Crippen molar-refractivity contribution in [1.29, 1.82) is 0 Å². The van der Waals surface area contributed by atoms with Gasteiger partial charge in [0, 0.05) is 5.02 Å². The van der Waals surface area contributed by atoms with Crippen molar-refractivity contribution in [2.45, 2.75) is 13.0 Å². The molecule has 4 nitrogen and oxygen atoms in total. The van der Waals surface area contributed by atoms with E-state index in [9.17, 15) is 0 Å². The quantitative estimate of drug-likeness (QED) is 0.763. The molecule has 23 heavy (non-hydrogen) atoms. The molecule has 2 aromatic rings. The van der Waals surface area contributed by atoms with Gasteiger partial charge in [0.15, 0.2) is 16.6 Å². The molecule has 0 saturated heterocycles. The van der Waals surface area contributed by atoms with Gasteiger partial charge in [0.1, 0.15) is 0 Å². The number of ether oxygens (including phenoxy) is 2. The van der Waals surface area contributed by atoms with Crippen molar-refractivity contribution in [2.75, 3.05) is 12.1 Å². The van der Waals surface area contributed by atoms with Crippen molar-refractivity contribution in [2.24, 2.45) is 0 Å². The molecule has 7 heteroatoms. The number of halogens is 2. The minimum atomic E-state index is -0.00410. The zero-order valence-corrected chi connectivity index (χ0v) is 14.6. The van der Waals surface area contributed by atoms with E-state index in [4.69, 9.17) is 44.9 Å². The molecule has 2 N–H and O–H groups in total. The molecule has 0 spiro atoms. The Morgan fingerprint density at radius 1 is 1.13 bits per heavy atom. The Hall–Kier alpha value is -1.69. The molecule has 0 aliphatic carbocycles. The van der Waals surface area contributed by atoms with Crippen LogP contribution in [-0.4, -0.2) is 11.9 Å². The Morgan fingerprint density at radius 3 is 2.70 bits per heavy atom. The minimum absolute atomic E-state index is 0.00410. The maximum Gasteiger partial charge on any atom is 0.231 e. The highest BCUT2D eigenvalue weighted by atomic mass is 35.5. The molecule has 1 heterocycles. The highest BCUT2D eigenvalue weighted by Gasteiger charge is 2.16.